The van der Waals surface area contributed by atoms with Gasteiger partial charge < -0.3 is 14.7 Å². The number of carbonyl (C=O) groups excluding carboxylic acids is 1. The maximum absolute atomic E-state index is 12.9. The molecule has 0 bridgehead atoms. The van der Waals surface area contributed by atoms with E-state index in [4.69, 9.17) is 4.52 Å². The van der Waals surface area contributed by atoms with Crippen LogP contribution in [0, 0.1) is 0 Å². The fourth-order valence-electron chi connectivity index (χ4n) is 3.61. The molecule has 6 heteroatoms. The summed E-state index contributed by atoms with van der Waals surface area (Å²) in [7, 11) is 1.78. The van der Waals surface area contributed by atoms with Crippen LogP contribution in [-0.4, -0.2) is 41.1 Å². The zero-order valence-electron chi connectivity index (χ0n) is 16.0. The van der Waals surface area contributed by atoms with E-state index in [1.165, 1.54) is 12.0 Å². The number of hydrogen-bond acceptors (Lipinski definition) is 5. The molecular weight excluding hydrogens is 352 g/mol. The van der Waals surface area contributed by atoms with Crippen molar-refractivity contribution in [1.29, 1.82) is 0 Å². The van der Waals surface area contributed by atoms with Crippen LogP contribution in [0.3, 0.4) is 0 Å². The Balaban J connectivity index is 1.44. The van der Waals surface area contributed by atoms with Gasteiger partial charge in [0.25, 0.3) is 5.91 Å². The van der Waals surface area contributed by atoms with Crippen LogP contribution in [0.4, 0.5) is 0 Å². The maximum Gasteiger partial charge on any atom is 0.254 e. The van der Waals surface area contributed by atoms with Crippen LogP contribution in [0.25, 0.3) is 11.4 Å². The third kappa shape index (κ3) is 4.12. The van der Waals surface area contributed by atoms with Gasteiger partial charge in [0.05, 0.1) is 12.2 Å². The van der Waals surface area contributed by atoms with Gasteiger partial charge in [0.15, 0.2) is 5.76 Å². The van der Waals surface area contributed by atoms with Crippen molar-refractivity contribution in [2.75, 3.05) is 20.1 Å². The zero-order valence-corrected chi connectivity index (χ0v) is 16.0. The molecule has 1 aliphatic heterocycles. The number of rotatable bonds is 5. The van der Waals surface area contributed by atoms with E-state index in [-0.39, 0.29) is 5.91 Å². The Morgan fingerprint density at radius 1 is 1.21 bits per heavy atom. The number of hydrogen-bond donors (Lipinski definition) is 1. The summed E-state index contributed by atoms with van der Waals surface area (Å²) in [5, 5.41) is 7.50. The first-order chi connectivity index (χ1) is 13.7. The summed E-state index contributed by atoms with van der Waals surface area (Å²) in [5.41, 5.74) is 3.35. The third-order valence-electron chi connectivity index (χ3n) is 5.13. The summed E-state index contributed by atoms with van der Waals surface area (Å²) in [4.78, 5) is 18.8. The quantitative estimate of drug-likeness (QED) is 0.738. The lowest BCUT2D eigenvalue weighted by molar-refractivity contribution is 0.0772. The molecular formula is C22H24N4O2. The van der Waals surface area contributed by atoms with Crippen molar-refractivity contribution >= 4 is 5.91 Å². The van der Waals surface area contributed by atoms with Crippen molar-refractivity contribution in [3.63, 3.8) is 0 Å². The zero-order chi connectivity index (χ0) is 19.3. The first kappa shape index (κ1) is 18.4. The molecule has 1 unspecified atom stereocenters. The second kappa shape index (κ2) is 8.35. The smallest absolute Gasteiger partial charge is 0.254 e. The van der Waals surface area contributed by atoms with Gasteiger partial charge in [-0.3, -0.25) is 9.78 Å². The van der Waals surface area contributed by atoms with E-state index < -0.39 is 0 Å². The summed E-state index contributed by atoms with van der Waals surface area (Å²) in [6.07, 6.45) is 4.05. The van der Waals surface area contributed by atoms with Crippen LogP contribution in [0.5, 0.6) is 0 Å². The summed E-state index contributed by atoms with van der Waals surface area (Å²) in [5.74, 6) is 1.08. The Labute approximate surface area is 164 Å². The van der Waals surface area contributed by atoms with Crippen LogP contribution < -0.4 is 5.32 Å². The minimum Gasteiger partial charge on any atom is -0.359 e. The second-order valence-corrected chi connectivity index (χ2v) is 7.22. The van der Waals surface area contributed by atoms with Gasteiger partial charge in [0.1, 0.15) is 5.69 Å². The van der Waals surface area contributed by atoms with Crippen LogP contribution >= 0.6 is 0 Å². The molecule has 1 fully saturated rings. The molecule has 2 aromatic heterocycles. The summed E-state index contributed by atoms with van der Waals surface area (Å²) in [6, 6.07) is 15.4. The first-order valence-electron chi connectivity index (χ1n) is 9.64. The molecule has 1 aliphatic rings. The molecule has 144 valence electrons. The van der Waals surface area contributed by atoms with Gasteiger partial charge >= 0.3 is 0 Å². The van der Waals surface area contributed by atoms with Crippen LogP contribution in [-0.2, 0) is 6.54 Å². The molecule has 1 saturated heterocycles. The number of pyridine rings is 1. The maximum atomic E-state index is 12.9. The molecule has 0 spiro atoms. The average Bonchev–Trinajstić information content (AvgIpc) is 3.23. The van der Waals surface area contributed by atoms with Crippen molar-refractivity contribution in [2.45, 2.75) is 25.3 Å². The number of amides is 1. The van der Waals surface area contributed by atoms with Gasteiger partial charge in [-0.2, -0.15) is 0 Å². The largest absolute Gasteiger partial charge is 0.359 e. The fraction of sp³-hybridized carbons (Fsp3) is 0.318. The molecule has 1 N–H and O–H groups in total. The van der Waals surface area contributed by atoms with Gasteiger partial charge in [0, 0.05) is 31.4 Å². The molecule has 1 atom stereocenters. The SMILES string of the molecule is CN(Cc1cc(-c2ccccn2)no1)C(=O)c1cccc(C2CCCNC2)c1. The minimum absolute atomic E-state index is 0.0265. The third-order valence-corrected chi connectivity index (χ3v) is 5.13. The summed E-state index contributed by atoms with van der Waals surface area (Å²) in [6.45, 7) is 2.41. The lowest BCUT2D eigenvalue weighted by Crippen LogP contribution is -2.29. The monoisotopic (exact) mass is 376 g/mol. The van der Waals surface area contributed by atoms with Gasteiger partial charge in [-0.15, -0.1) is 0 Å². The molecule has 0 saturated carbocycles. The van der Waals surface area contributed by atoms with E-state index in [0.29, 0.717) is 29.5 Å². The Morgan fingerprint density at radius 3 is 2.93 bits per heavy atom. The molecule has 3 aromatic rings. The molecule has 0 aliphatic carbocycles. The molecule has 1 amide bonds. The molecule has 3 heterocycles. The van der Waals surface area contributed by atoms with Crippen molar-refractivity contribution in [1.82, 2.24) is 20.4 Å². The minimum atomic E-state index is -0.0265. The van der Waals surface area contributed by atoms with E-state index in [1.807, 2.05) is 42.5 Å². The highest BCUT2D eigenvalue weighted by Crippen LogP contribution is 2.24. The highest BCUT2D eigenvalue weighted by Gasteiger charge is 2.19. The molecule has 0 radical (unpaired) electrons. The first-order valence-corrected chi connectivity index (χ1v) is 9.64. The van der Waals surface area contributed by atoms with Crippen molar-refractivity contribution in [3.8, 4) is 11.4 Å². The summed E-state index contributed by atoms with van der Waals surface area (Å²) < 4.78 is 5.40. The van der Waals surface area contributed by atoms with E-state index >= 15 is 0 Å². The lowest BCUT2D eigenvalue weighted by atomic mass is 9.90. The Morgan fingerprint density at radius 2 is 2.14 bits per heavy atom. The molecule has 6 nitrogen and oxygen atoms in total. The average molecular weight is 376 g/mol. The lowest BCUT2D eigenvalue weighted by Gasteiger charge is -2.24. The summed E-state index contributed by atoms with van der Waals surface area (Å²) >= 11 is 0. The predicted octanol–water partition coefficient (Wildman–Crippen LogP) is 3.48. The van der Waals surface area contributed by atoms with Gasteiger partial charge in [-0.1, -0.05) is 23.4 Å². The van der Waals surface area contributed by atoms with Gasteiger partial charge in [-0.25, -0.2) is 0 Å². The topological polar surface area (TPSA) is 71.3 Å². The number of nitrogens with zero attached hydrogens (tertiary/aromatic N) is 3. The van der Waals surface area contributed by atoms with Crippen LogP contribution in [0.15, 0.2) is 59.3 Å². The molecule has 1 aromatic carbocycles. The van der Waals surface area contributed by atoms with Crippen molar-refractivity contribution in [2.24, 2.45) is 0 Å². The van der Waals surface area contributed by atoms with Crippen LogP contribution in [0.2, 0.25) is 0 Å². The predicted molar refractivity (Wildman–Crippen MR) is 107 cm³/mol. The van der Waals surface area contributed by atoms with Gasteiger partial charge in [-0.05, 0) is 55.1 Å². The number of aromatic nitrogens is 2. The number of piperidine rings is 1. The van der Waals surface area contributed by atoms with Crippen LogP contribution in [0.1, 0.15) is 40.4 Å². The van der Waals surface area contributed by atoms with Crippen molar-refractivity contribution in [3.05, 3.63) is 71.6 Å². The normalized spacial score (nSPS) is 16.7. The number of nitrogens with one attached hydrogen (secondary N) is 1. The standard InChI is InChI=1S/C22H24N4O2/c1-26(15-19-13-21(25-28-19)20-9-2-3-11-24-20)22(27)17-7-4-6-16(12-17)18-8-5-10-23-14-18/h2-4,6-7,9,11-13,18,23H,5,8,10,14-15H2,1H3. The Bertz CT molecular complexity index is 932. The fourth-order valence-corrected chi connectivity index (χ4v) is 3.61. The van der Waals surface area contributed by atoms with Crippen molar-refractivity contribution < 1.29 is 9.32 Å². The highest BCUT2D eigenvalue weighted by atomic mass is 16.5. The molecule has 4 rings (SSSR count). The number of benzene rings is 1. The number of carbonyl (C=O) groups is 1. The highest BCUT2D eigenvalue weighted by molar-refractivity contribution is 5.94. The second-order valence-electron chi connectivity index (χ2n) is 7.22. The Hall–Kier alpha value is -2.99. The van der Waals surface area contributed by atoms with E-state index in [2.05, 4.69) is 21.5 Å². The molecule has 28 heavy (non-hydrogen) atoms. The Kier molecular flexibility index (Phi) is 5.48. The van der Waals surface area contributed by atoms with E-state index in [9.17, 15) is 4.79 Å². The van der Waals surface area contributed by atoms with Gasteiger partial charge in [0.2, 0.25) is 0 Å². The van der Waals surface area contributed by atoms with E-state index in [1.54, 1.807) is 18.1 Å². The van der Waals surface area contributed by atoms with E-state index in [0.717, 1.165) is 25.2 Å².